The lowest BCUT2D eigenvalue weighted by Crippen LogP contribution is -2.17. The second kappa shape index (κ2) is 11.0. The minimum atomic E-state index is -3.96. The van der Waals surface area contributed by atoms with Crippen molar-refractivity contribution in [2.45, 2.75) is 13.3 Å². The van der Waals surface area contributed by atoms with Crippen LogP contribution in [0.4, 0.5) is 24.7 Å². The molecule has 0 aliphatic heterocycles. The van der Waals surface area contributed by atoms with Gasteiger partial charge < -0.3 is 15.5 Å². The number of anilines is 2. The van der Waals surface area contributed by atoms with Gasteiger partial charge in [0.2, 0.25) is 15.8 Å². The summed E-state index contributed by atoms with van der Waals surface area (Å²) >= 11 is 0. The van der Waals surface area contributed by atoms with E-state index < -0.39 is 39.9 Å². The van der Waals surface area contributed by atoms with Crippen LogP contribution in [0.1, 0.15) is 28.0 Å². The van der Waals surface area contributed by atoms with Gasteiger partial charge in [-0.3, -0.25) is 13.9 Å². The molecule has 0 bridgehead atoms. The maximum atomic E-state index is 14.6. The van der Waals surface area contributed by atoms with Crippen LogP contribution >= 0.6 is 0 Å². The van der Waals surface area contributed by atoms with E-state index in [1.807, 2.05) is 0 Å². The Morgan fingerprint density at radius 1 is 1.10 bits per heavy atom. The summed E-state index contributed by atoms with van der Waals surface area (Å²) in [6.45, 7) is 0.959. The lowest BCUT2D eigenvalue weighted by Gasteiger charge is -2.12. The molecule has 0 atom stereocenters. The van der Waals surface area contributed by atoms with Crippen molar-refractivity contribution >= 4 is 38.2 Å². The maximum Gasteiger partial charge on any atom is 0.232 e. The van der Waals surface area contributed by atoms with Crippen LogP contribution in [0.5, 0.6) is 11.5 Å². The Kier molecular flexibility index (Phi) is 7.45. The number of fused-ring (bicyclic) bond motifs is 1. The van der Waals surface area contributed by atoms with E-state index in [1.54, 1.807) is 37.3 Å². The zero-order valence-electron chi connectivity index (χ0n) is 21.6. The van der Waals surface area contributed by atoms with Gasteiger partial charge in [0.05, 0.1) is 41.3 Å². The second-order valence-corrected chi connectivity index (χ2v) is 11.1. The number of ketones is 1. The number of aromatic amines is 1. The standard InChI is InChI=1S/C28H24F3N5O4S/c1-16-11-18(40-26-6-3-2-5-20(26)30)7-8-25(16)36-28(32)19(15-33-36)27(37)24-13-17-12-21(31)23(14-22(17)34-24)35-41(38,39)10-4-9-29/h2-3,5-8,11-15,34-35H,4,9-10,32H2,1H3. The highest BCUT2D eigenvalue weighted by atomic mass is 32.2. The van der Waals surface area contributed by atoms with Gasteiger partial charge in [-0.2, -0.15) is 5.10 Å². The van der Waals surface area contributed by atoms with E-state index >= 15 is 0 Å². The molecule has 9 nitrogen and oxygen atoms in total. The third-order valence-electron chi connectivity index (χ3n) is 6.28. The number of halogens is 3. The van der Waals surface area contributed by atoms with Crippen molar-refractivity contribution in [1.82, 2.24) is 14.8 Å². The van der Waals surface area contributed by atoms with Crippen LogP contribution in [0.2, 0.25) is 0 Å². The quantitative estimate of drug-likeness (QED) is 0.182. The van der Waals surface area contributed by atoms with E-state index in [9.17, 15) is 26.4 Å². The monoisotopic (exact) mass is 583 g/mol. The molecule has 5 aromatic rings. The number of rotatable bonds is 10. The lowest BCUT2D eigenvalue weighted by molar-refractivity contribution is 0.103. The molecule has 0 saturated heterocycles. The number of nitrogens with one attached hydrogen (secondary N) is 2. The van der Waals surface area contributed by atoms with Gasteiger partial charge in [0.15, 0.2) is 11.6 Å². The SMILES string of the molecule is Cc1cc(Oc2ccccc2F)ccc1-n1ncc(C(=O)c2cc3cc(F)c(NS(=O)(=O)CCCF)cc3[nH]2)c1N. The first-order valence-electron chi connectivity index (χ1n) is 12.4. The van der Waals surface area contributed by atoms with Crippen LogP contribution in [-0.4, -0.2) is 41.4 Å². The summed E-state index contributed by atoms with van der Waals surface area (Å²) in [5.41, 5.74) is 7.67. The fourth-order valence-corrected chi connectivity index (χ4v) is 5.35. The van der Waals surface area contributed by atoms with Crippen LogP contribution in [-0.2, 0) is 10.0 Å². The van der Waals surface area contributed by atoms with Crippen molar-refractivity contribution in [3.8, 4) is 17.2 Å². The average Bonchev–Trinajstić information content (AvgIpc) is 3.51. The first-order valence-corrected chi connectivity index (χ1v) is 14.0. The molecule has 0 aliphatic rings. The Balaban J connectivity index is 1.39. The van der Waals surface area contributed by atoms with E-state index in [-0.39, 0.29) is 34.9 Å². The number of hydrogen-bond acceptors (Lipinski definition) is 6. The number of sulfonamides is 1. The van der Waals surface area contributed by atoms with Crippen molar-refractivity contribution in [2.75, 3.05) is 22.9 Å². The minimum absolute atomic E-state index is 0.0482. The molecule has 13 heteroatoms. The van der Waals surface area contributed by atoms with Gasteiger partial charge in [0, 0.05) is 10.9 Å². The number of aromatic nitrogens is 3. The van der Waals surface area contributed by atoms with Gasteiger partial charge in [-0.1, -0.05) is 12.1 Å². The van der Waals surface area contributed by atoms with E-state index in [4.69, 9.17) is 10.5 Å². The Labute approximate surface area is 232 Å². The fraction of sp³-hybridized carbons (Fsp3) is 0.143. The van der Waals surface area contributed by atoms with Crippen LogP contribution in [0.25, 0.3) is 16.6 Å². The summed E-state index contributed by atoms with van der Waals surface area (Å²) in [4.78, 5) is 16.2. The molecule has 4 N–H and O–H groups in total. The molecule has 0 saturated carbocycles. The zero-order valence-corrected chi connectivity index (χ0v) is 22.4. The fourth-order valence-electron chi connectivity index (χ4n) is 4.27. The summed E-state index contributed by atoms with van der Waals surface area (Å²) in [5, 5.41) is 4.58. The largest absolute Gasteiger partial charge is 0.454 e. The molecule has 41 heavy (non-hydrogen) atoms. The van der Waals surface area contributed by atoms with Crippen molar-refractivity contribution in [3.05, 3.63) is 95.3 Å². The van der Waals surface area contributed by atoms with Crippen LogP contribution in [0.3, 0.4) is 0 Å². The molecule has 0 radical (unpaired) electrons. The third kappa shape index (κ3) is 5.75. The summed E-state index contributed by atoms with van der Waals surface area (Å²) in [5.74, 6) is -1.86. The predicted octanol–water partition coefficient (Wildman–Crippen LogP) is 5.65. The molecule has 0 fully saturated rings. The van der Waals surface area contributed by atoms with E-state index in [0.717, 1.165) is 6.07 Å². The number of nitrogens with zero attached hydrogens (tertiary/aromatic N) is 2. The Hall–Kier alpha value is -4.78. The topological polar surface area (TPSA) is 132 Å². The molecule has 2 heterocycles. The highest BCUT2D eigenvalue weighted by molar-refractivity contribution is 7.92. The number of carbonyl (C=O) groups is 1. The molecule has 0 spiro atoms. The number of nitrogens with two attached hydrogens (primary N) is 1. The third-order valence-corrected chi connectivity index (χ3v) is 7.63. The van der Waals surface area contributed by atoms with Gasteiger partial charge in [0.1, 0.15) is 17.4 Å². The molecule has 5 rings (SSSR count). The number of para-hydroxylation sites is 1. The van der Waals surface area contributed by atoms with Crippen molar-refractivity contribution < 1.29 is 31.1 Å². The molecular formula is C28H24F3N5O4S. The molecule has 0 aliphatic carbocycles. The summed E-state index contributed by atoms with van der Waals surface area (Å²) in [6, 6.07) is 14.7. The summed E-state index contributed by atoms with van der Waals surface area (Å²) in [7, 11) is -3.96. The number of alkyl halides is 1. The summed E-state index contributed by atoms with van der Waals surface area (Å²) in [6.07, 6.45) is 1.08. The van der Waals surface area contributed by atoms with Crippen molar-refractivity contribution in [2.24, 2.45) is 0 Å². The Morgan fingerprint density at radius 3 is 2.61 bits per heavy atom. The Morgan fingerprint density at radius 2 is 1.88 bits per heavy atom. The molecule has 0 unspecified atom stereocenters. The highest BCUT2D eigenvalue weighted by Gasteiger charge is 2.22. The lowest BCUT2D eigenvalue weighted by atomic mass is 10.1. The molecule has 212 valence electrons. The molecule has 0 amide bonds. The van der Waals surface area contributed by atoms with Crippen LogP contribution in [0, 0.1) is 18.6 Å². The smallest absolute Gasteiger partial charge is 0.232 e. The van der Waals surface area contributed by atoms with E-state index in [1.165, 1.54) is 35.1 Å². The number of hydrogen-bond donors (Lipinski definition) is 3. The van der Waals surface area contributed by atoms with E-state index in [2.05, 4.69) is 14.8 Å². The maximum absolute atomic E-state index is 14.6. The van der Waals surface area contributed by atoms with Gasteiger partial charge in [-0.05, 0) is 67.4 Å². The minimum Gasteiger partial charge on any atom is -0.454 e. The number of carbonyl (C=O) groups excluding carboxylic acids is 1. The molecular weight excluding hydrogens is 559 g/mol. The van der Waals surface area contributed by atoms with Gasteiger partial charge in [-0.25, -0.2) is 21.9 Å². The predicted molar refractivity (Wildman–Crippen MR) is 149 cm³/mol. The number of benzene rings is 3. The van der Waals surface area contributed by atoms with Crippen molar-refractivity contribution in [3.63, 3.8) is 0 Å². The number of aryl methyl sites for hydroxylation is 1. The zero-order chi connectivity index (χ0) is 29.3. The van der Waals surface area contributed by atoms with Gasteiger partial charge in [-0.15, -0.1) is 0 Å². The second-order valence-electron chi connectivity index (χ2n) is 9.23. The van der Waals surface area contributed by atoms with Gasteiger partial charge in [0.25, 0.3) is 0 Å². The molecule has 2 aromatic heterocycles. The van der Waals surface area contributed by atoms with E-state index in [0.29, 0.717) is 27.9 Å². The number of H-pyrrole nitrogens is 1. The van der Waals surface area contributed by atoms with Crippen LogP contribution < -0.4 is 15.2 Å². The first kappa shape index (κ1) is 27.8. The van der Waals surface area contributed by atoms with Gasteiger partial charge >= 0.3 is 0 Å². The van der Waals surface area contributed by atoms with Crippen molar-refractivity contribution in [1.29, 1.82) is 0 Å². The number of nitrogen functional groups attached to an aromatic ring is 1. The number of ether oxygens (including phenoxy) is 1. The summed E-state index contributed by atoms with van der Waals surface area (Å²) < 4.78 is 74.2. The highest BCUT2D eigenvalue weighted by Crippen LogP contribution is 2.30. The average molecular weight is 584 g/mol. The normalized spacial score (nSPS) is 11.6. The first-order chi connectivity index (χ1) is 19.6. The van der Waals surface area contributed by atoms with Crippen LogP contribution in [0.15, 0.2) is 66.9 Å². The Bertz CT molecular complexity index is 1890. The molecule has 3 aromatic carbocycles.